The van der Waals surface area contributed by atoms with Gasteiger partial charge in [-0.2, -0.15) is 0 Å². The minimum atomic E-state index is -1.22. The van der Waals surface area contributed by atoms with Gasteiger partial charge in [-0.05, 0) is 31.9 Å². The normalized spacial score (nSPS) is 17.0. The van der Waals surface area contributed by atoms with Crippen molar-refractivity contribution in [3.8, 4) is 0 Å². The van der Waals surface area contributed by atoms with Crippen LogP contribution in [-0.4, -0.2) is 14.1 Å². The molecule has 0 aliphatic carbocycles. The lowest BCUT2D eigenvalue weighted by Gasteiger charge is -2.31. The highest BCUT2D eigenvalue weighted by Crippen LogP contribution is 2.33. The lowest BCUT2D eigenvalue weighted by Crippen LogP contribution is -2.39. The fourth-order valence-corrected chi connectivity index (χ4v) is 3.50. The predicted octanol–water partition coefficient (Wildman–Crippen LogP) is 4.15. The molecule has 24 heavy (non-hydrogen) atoms. The van der Waals surface area contributed by atoms with Crippen molar-refractivity contribution >= 4 is 11.0 Å². The van der Waals surface area contributed by atoms with Gasteiger partial charge in [0.2, 0.25) is 0 Å². The Morgan fingerprint density at radius 2 is 1.38 bits per heavy atom. The van der Waals surface area contributed by atoms with Crippen molar-refractivity contribution in [2.75, 3.05) is 0 Å². The summed E-state index contributed by atoms with van der Waals surface area (Å²) in [6, 6.07) is 19.3. The Kier molecular flexibility index (Phi) is 6.33. The van der Waals surface area contributed by atoms with Gasteiger partial charge in [-0.3, -0.25) is 0 Å². The van der Waals surface area contributed by atoms with Crippen molar-refractivity contribution in [3.63, 3.8) is 0 Å². The molecule has 2 aromatic carbocycles. The minimum Gasteiger partial charge on any atom is -0.388 e. The molecular weight excluding hydrogens is 318 g/mol. The first-order chi connectivity index (χ1) is 11.3. The number of rotatable bonds is 6. The number of hydrogen-bond acceptors (Lipinski definition) is 2. The molecule has 4 heteroatoms. The van der Waals surface area contributed by atoms with Gasteiger partial charge in [0.05, 0.1) is 21.8 Å². The van der Waals surface area contributed by atoms with Gasteiger partial charge in [-0.1, -0.05) is 67.6 Å². The van der Waals surface area contributed by atoms with Crippen molar-refractivity contribution in [2.24, 2.45) is 5.92 Å². The Balaban J connectivity index is 2.30. The smallest absolute Gasteiger partial charge is 0.0976 e. The zero-order valence-corrected chi connectivity index (χ0v) is 15.6. The van der Waals surface area contributed by atoms with E-state index in [1.807, 2.05) is 88.4 Å². The maximum atomic E-state index is 12.6. The third kappa shape index (κ3) is 4.76. The molecule has 0 amide bonds. The van der Waals surface area contributed by atoms with E-state index >= 15 is 0 Å². The Morgan fingerprint density at radius 3 is 1.83 bits per heavy atom. The summed E-state index contributed by atoms with van der Waals surface area (Å²) in [7, 11) is -1.22. The van der Waals surface area contributed by atoms with Crippen LogP contribution in [0, 0.1) is 5.92 Å². The van der Waals surface area contributed by atoms with Crippen LogP contribution in [0.5, 0.6) is 0 Å². The van der Waals surface area contributed by atoms with E-state index in [0.29, 0.717) is 0 Å². The van der Waals surface area contributed by atoms with Gasteiger partial charge in [0.25, 0.3) is 0 Å². The van der Waals surface area contributed by atoms with Crippen molar-refractivity contribution in [2.45, 2.75) is 44.6 Å². The molecule has 0 saturated heterocycles. The Hall–Kier alpha value is -1.49. The van der Waals surface area contributed by atoms with E-state index < -0.39 is 17.1 Å². The molecule has 0 aliphatic rings. The first-order valence-corrected chi connectivity index (χ1v) is 9.41. The number of aliphatic hydroxyl groups is 1. The van der Waals surface area contributed by atoms with E-state index in [1.54, 1.807) is 0 Å². The molecule has 2 N–H and O–H groups in total. The van der Waals surface area contributed by atoms with Gasteiger partial charge in [0.15, 0.2) is 0 Å². The van der Waals surface area contributed by atoms with Crippen molar-refractivity contribution in [1.82, 2.24) is 4.72 Å². The molecule has 0 bridgehead atoms. The van der Waals surface area contributed by atoms with Crippen molar-refractivity contribution in [3.05, 3.63) is 71.8 Å². The second-order valence-electron chi connectivity index (χ2n) is 7.10. The molecule has 0 aromatic heterocycles. The summed E-state index contributed by atoms with van der Waals surface area (Å²) in [6.45, 7) is 7.81. The SMILES string of the molecule is C[C@@H]([C@@H](O)c1ccccc1)[C@@H](NS(=O)C(C)(C)C)c1ccccc1. The molecule has 130 valence electrons. The van der Waals surface area contributed by atoms with Crippen LogP contribution in [0.15, 0.2) is 60.7 Å². The molecule has 0 saturated carbocycles. The van der Waals surface area contributed by atoms with E-state index in [1.165, 1.54) is 0 Å². The fraction of sp³-hybridized carbons (Fsp3) is 0.400. The zero-order chi connectivity index (χ0) is 17.7. The van der Waals surface area contributed by atoms with Crippen LogP contribution in [-0.2, 0) is 11.0 Å². The Bertz CT molecular complexity index is 652. The summed E-state index contributed by atoms with van der Waals surface area (Å²) < 4.78 is 15.5. The van der Waals surface area contributed by atoms with Crippen molar-refractivity contribution in [1.29, 1.82) is 0 Å². The van der Waals surface area contributed by atoms with Crippen molar-refractivity contribution < 1.29 is 9.32 Å². The highest BCUT2D eigenvalue weighted by molar-refractivity contribution is 7.84. The van der Waals surface area contributed by atoms with E-state index in [-0.39, 0.29) is 16.7 Å². The molecule has 0 radical (unpaired) electrons. The molecule has 2 aromatic rings. The van der Waals surface area contributed by atoms with Crippen LogP contribution < -0.4 is 4.72 Å². The van der Waals surface area contributed by atoms with Gasteiger partial charge < -0.3 is 5.11 Å². The molecule has 4 atom stereocenters. The highest BCUT2D eigenvalue weighted by atomic mass is 32.2. The van der Waals surface area contributed by atoms with Crippen LogP contribution in [0.1, 0.15) is 51.0 Å². The van der Waals surface area contributed by atoms with Crippen LogP contribution in [0.2, 0.25) is 0 Å². The molecular formula is C20H27NO2S. The monoisotopic (exact) mass is 345 g/mol. The lowest BCUT2D eigenvalue weighted by molar-refractivity contribution is 0.0993. The summed E-state index contributed by atoms with van der Waals surface area (Å²) >= 11 is 0. The maximum absolute atomic E-state index is 12.6. The molecule has 1 unspecified atom stereocenters. The van der Waals surface area contributed by atoms with E-state index in [0.717, 1.165) is 11.1 Å². The summed E-state index contributed by atoms with van der Waals surface area (Å²) in [5.41, 5.74) is 1.90. The average Bonchev–Trinajstić information content (AvgIpc) is 2.59. The van der Waals surface area contributed by atoms with Crippen LogP contribution >= 0.6 is 0 Å². The van der Waals surface area contributed by atoms with Crippen LogP contribution in [0.4, 0.5) is 0 Å². The Morgan fingerprint density at radius 1 is 0.917 bits per heavy atom. The Labute approximate surface area is 147 Å². The van der Waals surface area contributed by atoms with Crippen LogP contribution in [0.3, 0.4) is 0 Å². The first-order valence-electron chi connectivity index (χ1n) is 8.26. The second-order valence-corrected chi connectivity index (χ2v) is 9.10. The van der Waals surface area contributed by atoms with Gasteiger partial charge in [-0.15, -0.1) is 0 Å². The standard InChI is InChI=1S/C20H27NO2S/c1-15(19(22)17-13-9-6-10-14-17)18(16-11-7-5-8-12-16)21-24(23)20(2,3)4/h5-15,18-19,21-22H,1-4H3/t15-,18-,19-,24?/m1/s1. The average molecular weight is 346 g/mol. The van der Waals surface area contributed by atoms with Gasteiger partial charge >= 0.3 is 0 Å². The number of benzene rings is 2. The molecule has 0 spiro atoms. The quantitative estimate of drug-likeness (QED) is 0.826. The van der Waals surface area contributed by atoms with E-state index in [9.17, 15) is 9.32 Å². The molecule has 3 nitrogen and oxygen atoms in total. The zero-order valence-electron chi connectivity index (χ0n) is 14.8. The summed E-state index contributed by atoms with van der Waals surface area (Å²) in [5.74, 6) is -0.138. The van der Waals surface area contributed by atoms with Gasteiger partial charge in [0.1, 0.15) is 0 Å². The van der Waals surface area contributed by atoms with Gasteiger partial charge in [0, 0.05) is 12.0 Å². The summed E-state index contributed by atoms with van der Waals surface area (Å²) in [5, 5.41) is 10.8. The predicted molar refractivity (Wildman–Crippen MR) is 101 cm³/mol. The topological polar surface area (TPSA) is 49.3 Å². The second kappa shape index (κ2) is 8.06. The lowest BCUT2D eigenvalue weighted by atomic mass is 9.87. The van der Waals surface area contributed by atoms with E-state index in [4.69, 9.17) is 0 Å². The first kappa shape index (κ1) is 18.8. The number of nitrogens with one attached hydrogen (secondary N) is 1. The highest BCUT2D eigenvalue weighted by Gasteiger charge is 2.30. The number of aliphatic hydroxyl groups excluding tert-OH is 1. The summed E-state index contributed by atoms with van der Waals surface area (Å²) in [4.78, 5) is 0. The fourth-order valence-electron chi connectivity index (χ4n) is 2.57. The molecule has 0 heterocycles. The third-order valence-corrected chi connectivity index (χ3v) is 5.69. The molecule has 2 rings (SSSR count). The third-order valence-electron chi connectivity index (χ3n) is 4.11. The minimum absolute atomic E-state index is 0.138. The molecule has 0 fully saturated rings. The number of hydrogen-bond donors (Lipinski definition) is 2. The van der Waals surface area contributed by atoms with Crippen LogP contribution in [0.25, 0.3) is 0 Å². The molecule has 0 aliphatic heterocycles. The van der Waals surface area contributed by atoms with Gasteiger partial charge in [-0.25, -0.2) is 8.93 Å². The maximum Gasteiger partial charge on any atom is 0.0976 e. The summed E-state index contributed by atoms with van der Waals surface area (Å²) in [6.07, 6.45) is -0.638. The largest absolute Gasteiger partial charge is 0.388 e. The van der Waals surface area contributed by atoms with E-state index in [2.05, 4.69) is 4.72 Å².